The van der Waals surface area contributed by atoms with E-state index in [0.717, 1.165) is 25.1 Å². The summed E-state index contributed by atoms with van der Waals surface area (Å²) in [6, 6.07) is 8.94. The van der Waals surface area contributed by atoms with Gasteiger partial charge in [-0.1, -0.05) is 0 Å². The number of rotatable bonds is 3. The smallest absolute Gasteiger partial charge is 0.308 e. The summed E-state index contributed by atoms with van der Waals surface area (Å²) in [7, 11) is 0. The van der Waals surface area contributed by atoms with Gasteiger partial charge in [0.25, 0.3) is 0 Å². The fraction of sp³-hybridized carbons (Fsp3) is 0.550. The number of piperidine rings is 1. The van der Waals surface area contributed by atoms with Crippen molar-refractivity contribution in [2.45, 2.75) is 25.3 Å². The number of nitriles is 1. The van der Waals surface area contributed by atoms with Gasteiger partial charge in [0.15, 0.2) is 0 Å². The van der Waals surface area contributed by atoms with Gasteiger partial charge in [0.2, 0.25) is 5.91 Å². The van der Waals surface area contributed by atoms with Crippen molar-refractivity contribution in [2.24, 2.45) is 11.3 Å². The molecule has 142 valence electrons. The van der Waals surface area contributed by atoms with Gasteiger partial charge in [0.1, 0.15) is 6.04 Å². The summed E-state index contributed by atoms with van der Waals surface area (Å²) in [6.45, 7) is 3.31. The van der Waals surface area contributed by atoms with E-state index in [-0.39, 0.29) is 11.3 Å². The summed E-state index contributed by atoms with van der Waals surface area (Å²) in [6.07, 6.45) is 2.73. The van der Waals surface area contributed by atoms with E-state index >= 15 is 0 Å². The number of nitrogens with one attached hydrogen (secondary N) is 1. The molecule has 3 aliphatic rings. The lowest BCUT2D eigenvalue weighted by molar-refractivity contribution is -0.150. The molecule has 2 N–H and O–H groups in total. The van der Waals surface area contributed by atoms with E-state index in [1.807, 2.05) is 12.1 Å². The first kappa shape index (κ1) is 17.8. The SMILES string of the molecule is N#Cc1ccc(N2CCN(C(=O)C3NCC4(CC4)CC3C(=O)O)CC2)cc1. The minimum atomic E-state index is -0.872. The molecule has 1 amide bonds. The fourth-order valence-electron chi connectivity index (χ4n) is 4.30. The van der Waals surface area contributed by atoms with E-state index in [2.05, 4.69) is 16.3 Å². The molecule has 1 aliphatic carbocycles. The molecule has 2 saturated heterocycles. The Bertz CT molecular complexity index is 773. The van der Waals surface area contributed by atoms with Crippen LogP contribution in [-0.2, 0) is 9.59 Å². The molecule has 2 aliphatic heterocycles. The van der Waals surface area contributed by atoms with E-state index in [4.69, 9.17) is 5.26 Å². The summed E-state index contributed by atoms with van der Waals surface area (Å²) in [5, 5.41) is 21.7. The van der Waals surface area contributed by atoms with Crippen LogP contribution in [0.3, 0.4) is 0 Å². The Kier molecular flexibility index (Phi) is 4.52. The van der Waals surface area contributed by atoms with Crippen LogP contribution in [0.1, 0.15) is 24.8 Å². The molecule has 1 aromatic carbocycles. The van der Waals surface area contributed by atoms with Gasteiger partial charge < -0.3 is 20.2 Å². The van der Waals surface area contributed by atoms with E-state index in [9.17, 15) is 14.7 Å². The monoisotopic (exact) mass is 368 g/mol. The van der Waals surface area contributed by atoms with Gasteiger partial charge in [-0.25, -0.2) is 0 Å². The molecule has 1 spiro atoms. The van der Waals surface area contributed by atoms with Crippen LogP contribution < -0.4 is 10.2 Å². The zero-order valence-electron chi connectivity index (χ0n) is 15.2. The summed E-state index contributed by atoms with van der Waals surface area (Å²) in [5.74, 6) is -1.59. The number of carbonyl (C=O) groups excluding carboxylic acids is 1. The third kappa shape index (κ3) is 3.50. The lowest BCUT2D eigenvalue weighted by Crippen LogP contribution is -2.60. The van der Waals surface area contributed by atoms with Gasteiger partial charge in [0, 0.05) is 38.4 Å². The molecule has 4 rings (SSSR count). The van der Waals surface area contributed by atoms with Crippen molar-refractivity contribution >= 4 is 17.6 Å². The summed E-state index contributed by atoms with van der Waals surface area (Å²) in [4.78, 5) is 28.7. The summed E-state index contributed by atoms with van der Waals surface area (Å²) in [5.41, 5.74) is 1.79. The zero-order chi connectivity index (χ0) is 19.0. The van der Waals surface area contributed by atoms with Crippen molar-refractivity contribution in [1.29, 1.82) is 5.26 Å². The number of benzene rings is 1. The average Bonchev–Trinajstić information content (AvgIpc) is 3.46. The second-order valence-corrected chi connectivity index (χ2v) is 7.98. The molecule has 0 aromatic heterocycles. The highest BCUT2D eigenvalue weighted by Crippen LogP contribution is 2.52. The van der Waals surface area contributed by atoms with Gasteiger partial charge in [-0.2, -0.15) is 5.26 Å². The zero-order valence-corrected chi connectivity index (χ0v) is 15.2. The molecule has 1 aromatic rings. The Morgan fingerprint density at radius 3 is 2.37 bits per heavy atom. The van der Waals surface area contributed by atoms with E-state index in [1.54, 1.807) is 17.0 Å². The molecule has 0 bridgehead atoms. The number of nitrogens with zero attached hydrogens (tertiary/aromatic N) is 3. The van der Waals surface area contributed by atoms with Crippen LogP contribution in [0.5, 0.6) is 0 Å². The molecule has 27 heavy (non-hydrogen) atoms. The van der Waals surface area contributed by atoms with Crippen molar-refractivity contribution in [3.8, 4) is 6.07 Å². The van der Waals surface area contributed by atoms with Gasteiger partial charge in [-0.05, 0) is 48.9 Å². The minimum absolute atomic E-state index is 0.0858. The molecular weight excluding hydrogens is 344 g/mol. The largest absolute Gasteiger partial charge is 0.481 e. The van der Waals surface area contributed by atoms with E-state index < -0.39 is 17.9 Å². The first-order chi connectivity index (χ1) is 13.0. The first-order valence-corrected chi connectivity index (χ1v) is 9.51. The Labute approximate surface area is 158 Å². The van der Waals surface area contributed by atoms with Crippen LogP contribution in [0.15, 0.2) is 24.3 Å². The lowest BCUT2D eigenvalue weighted by atomic mass is 9.82. The minimum Gasteiger partial charge on any atom is -0.481 e. The normalized spacial score (nSPS) is 26.5. The van der Waals surface area contributed by atoms with Crippen LogP contribution in [0.25, 0.3) is 0 Å². The predicted molar refractivity (Wildman–Crippen MR) is 99.2 cm³/mol. The summed E-state index contributed by atoms with van der Waals surface area (Å²) < 4.78 is 0. The van der Waals surface area contributed by atoms with Crippen molar-refractivity contribution in [1.82, 2.24) is 10.2 Å². The first-order valence-electron chi connectivity index (χ1n) is 9.51. The molecule has 7 heteroatoms. The number of amides is 1. The van der Waals surface area contributed by atoms with Gasteiger partial charge in [-0.15, -0.1) is 0 Å². The fourth-order valence-corrected chi connectivity index (χ4v) is 4.30. The average molecular weight is 368 g/mol. The maximum absolute atomic E-state index is 13.0. The summed E-state index contributed by atoms with van der Waals surface area (Å²) >= 11 is 0. The Balaban J connectivity index is 1.37. The van der Waals surface area contributed by atoms with Gasteiger partial charge in [-0.3, -0.25) is 9.59 Å². The number of carboxylic acids is 1. The lowest BCUT2D eigenvalue weighted by Gasteiger charge is -2.41. The highest BCUT2D eigenvalue weighted by atomic mass is 16.4. The highest BCUT2D eigenvalue weighted by Gasteiger charge is 2.52. The molecule has 2 unspecified atom stereocenters. The van der Waals surface area contributed by atoms with Gasteiger partial charge in [0.05, 0.1) is 17.6 Å². The van der Waals surface area contributed by atoms with Crippen molar-refractivity contribution in [2.75, 3.05) is 37.6 Å². The molecule has 2 atom stereocenters. The maximum Gasteiger partial charge on any atom is 0.308 e. The third-order valence-electron chi connectivity index (χ3n) is 6.25. The second-order valence-electron chi connectivity index (χ2n) is 7.98. The van der Waals surface area contributed by atoms with Crippen LogP contribution in [0.2, 0.25) is 0 Å². The van der Waals surface area contributed by atoms with Crippen LogP contribution in [-0.4, -0.2) is 60.6 Å². The van der Waals surface area contributed by atoms with Crippen molar-refractivity contribution in [3.63, 3.8) is 0 Å². The molecule has 7 nitrogen and oxygen atoms in total. The number of aliphatic carboxylic acids is 1. The molecule has 2 heterocycles. The standard InChI is InChI=1S/C20H24N4O3/c21-12-14-1-3-15(4-2-14)23-7-9-24(10-8-23)18(25)17-16(19(26)27)11-20(5-6-20)13-22-17/h1-4,16-17,22H,5-11,13H2,(H,26,27). The second kappa shape index (κ2) is 6.86. The van der Waals surface area contributed by atoms with Crippen molar-refractivity contribution < 1.29 is 14.7 Å². The van der Waals surface area contributed by atoms with Crippen molar-refractivity contribution in [3.05, 3.63) is 29.8 Å². The quantitative estimate of drug-likeness (QED) is 0.828. The number of anilines is 1. The number of hydrogen-bond acceptors (Lipinski definition) is 5. The number of carbonyl (C=O) groups is 2. The Morgan fingerprint density at radius 2 is 1.81 bits per heavy atom. The topological polar surface area (TPSA) is 96.7 Å². The number of carboxylic acid groups (broad SMARTS) is 1. The van der Waals surface area contributed by atoms with E-state index in [1.165, 1.54) is 0 Å². The third-order valence-corrected chi connectivity index (χ3v) is 6.25. The van der Waals surface area contributed by atoms with Crippen LogP contribution >= 0.6 is 0 Å². The van der Waals surface area contributed by atoms with Crippen LogP contribution in [0, 0.1) is 22.7 Å². The van der Waals surface area contributed by atoms with Gasteiger partial charge >= 0.3 is 5.97 Å². The Morgan fingerprint density at radius 1 is 1.15 bits per heavy atom. The van der Waals surface area contributed by atoms with E-state index in [0.29, 0.717) is 38.2 Å². The molecule has 0 radical (unpaired) electrons. The molecular formula is C20H24N4O3. The molecule has 3 fully saturated rings. The molecule has 1 saturated carbocycles. The Hall–Kier alpha value is -2.59. The predicted octanol–water partition coefficient (Wildman–Crippen LogP) is 1.05. The number of piperazine rings is 1. The van der Waals surface area contributed by atoms with Crippen LogP contribution in [0.4, 0.5) is 5.69 Å². The highest BCUT2D eigenvalue weighted by molar-refractivity contribution is 5.88. The maximum atomic E-state index is 13.0. The number of hydrogen-bond donors (Lipinski definition) is 2.